The molecular formula is C34H43F3N8O7S2. The topological polar surface area (TPSA) is 189 Å². The Bertz CT molecular complexity index is 1800. The number of aliphatic carboxylic acids is 1. The van der Waals surface area contributed by atoms with Crippen LogP contribution in [0.1, 0.15) is 30.0 Å². The van der Waals surface area contributed by atoms with E-state index in [4.69, 9.17) is 22.1 Å². The third kappa shape index (κ3) is 12.9. The van der Waals surface area contributed by atoms with Crippen LogP contribution >= 0.6 is 12.2 Å². The van der Waals surface area contributed by atoms with Gasteiger partial charge in [0.25, 0.3) is 5.69 Å². The number of anilines is 1. The molecule has 0 saturated carbocycles. The van der Waals surface area contributed by atoms with E-state index in [9.17, 15) is 36.5 Å². The first kappa shape index (κ1) is 43.5. The van der Waals surface area contributed by atoms with Crippen LogP contribution in [0.4, 0.5) is 24.5 Å². The summed E-state index contributed by atoms with van der Waals surface area (Å²) in [7, 11) is 1.73. The van der Waals surface area contributed by atoms with Crippen molar-refractivity contribution in [3.05, 3.63) is 100 Å². The van der Waals surface area contributed by atoms with Gasteiger partial charge in [-0.25, -0.2) is 13.2 Å². The third-order valence-electron chi connectivity index (χ3n) is 8.09. The van der Waals surface area contributed by atoms with Crippen molar-refractivity contribution in [1.82, 2.24) is 30.2 Å². The van der Waals surface area contributed by atoms with E-state index in [1.807, 2.05) is 81.8 Å². The van der Waals surface area contributed by atoms with Crippen molar-refractivity contribution in [2.24, 2.45) is 0 Å². The molecule has 5 N–H and O–H groups in total. The largest absolute Gasteiger partial charge is 0.490 e. The number of hydrazine groups is 1. The Kier molecular flexibility index (Phi) is 16.1. The van der Waals surface area contributed by atoms with Crippen LogP contribution in [0.15, 0.2) is 83.8 Å². The summed E-state index contributed by atoms with van der Waals surface area (Å²) in [6.07, 6.45) is -4.21. The number of alkyl halides is 3. The number of hydrogen-bond donors (Lipinski definition) is 5. The Morgan fingerprint density at radius 1 is 1.00 bits per heavy atom. The number of nitrogens with zero attached hydrogens (tertiary/aromatic N) is 4. The summed E-state index contributed by atoms with van der Waals surface area (Å²) in [6, 6.07) is 21.8. The molecule has 3 aromatic carbocycles. The number of halogens is 3. The molecule has 0 unspecified atom stereocenters. The van der Waals surface area contributed by atoms with Crippen molar-refractivity contribution in [2.45, 2.75) is 36.0 Å². The van der Waals surface area contributed by atoms with E-state index in [2.05, 4.69) is 31.3 Å². The number of nitro groups is 1. The number of thiocarbonyl (C=S) groups is 1. The summed E-state index contributed by atoms with van der Waals surface area (Å²) >= 11 is 5.50. The van der Waals surface area contributed by atoms with Crippen molar-refractivity contribution >= 4 is 50.6 Å². The molecule has 1 aliphatic rings. The summed E-state index contributed by atoms with van der Waals surface area (Å²) in [5.41, 5.74) is 7.01. The van der Waals surface area contributed by atoms with Gasteiger partial charge in [-0.05, 0) is 69.5 Å². The standard InChI is InChI=1S/C32H42N8O5S2.C2HF3O2/c1-37(2)21-22-38(3)20-18-33-31(41)28-15-10-19-39(28)47(44,45)26-16-17-27(29(23-26)40(42)43)35-36-32(46)34-30(24-11-6-4-7-12-24)25-13-8-5-9-14-25;3-2(4,5)1(6)7/h4-9,11-14,16-17,23,28,30,35H,10,15,18-22H2,1-3H3,(H,33,41)(H2,34,36,46);(H,6,7)/t28-;/m0./s1. The number of hydrogen-bond acceptors (Lipinski definition) is 10. The molecule has 20 heteroatoms. The average molecular weight is 797 g/mol. The minimum Gasteiger partial charge on any atom is -0.475 e. The van der Waals surface area contributed by atoms with E-state index < -0.39 is 38.8 Å². The van der Waals surface area contributed by atoms with E-state index in [1.54, 1.807) is 0 Å². The van der Waals surface area contributed by atoms with Crippen LogP contribution in [-0.2, 0) is 19.6 Å². The molecule has 0 radical (unpaired) electrons. The first-order valence-electron chi connectivity index (χ1n) is 16.6. The fraction of sp³-hybridized carbons (Fsp3) is 0.382. The van der Waals surface area contributed by atoms with Crippen molar-refractivity contribution in [2.75, 3.05) is 59.3 Å². The van der Waals surface area contributed by atoms with Gasteiger partial charge in [-0.1, -0.05) is 60.7 Å². The molecule has 0 aromatic heterocycles. The monoisotopic (exact) mass is 796 g/mol. The Hall–Kier alpha value is -4.89. The molecule has 1 fully saturated rings. The third-order valence-corrected chi connectivity index (χ3v) is 10.2. The maximum absolute atomic E-state index is 13.7. The second kappa shape index (κ2) is 20.0. The number of nitro benzene ring substituents is 1. The summed E-state index contributed by atoms with van der Waals surface area (Å²) in [5, 5.41) is 25.4. The van der Waals surface area contributed by atoms with Crippen molar-refractivity contribution < 1.29 is 41.2 Å². The highest BCUT2D eigenvalue weighted by Gasteiger charge is 2.40. The predicted molar refractivity (Wildman–Crippen MR) is 200 cm³/mol. The summed E-state index contributed by atoms with van der Waals surface area (Å²) in [5.74, 6) is -3.14. The second-order valence-electron chi connectivity index (χ2n) is 12.4. The number of likely N-dealkylation sites (N-methyl/N-ethyl adjacent to an activating group) is 2. The van der Waals surface area contributed by atoms with Crippen molar-refractivity contribution in [3.63, 3.8) is 0 Å². The number of carboxylic acids is 1. The SMILES string of the molecule is CN(C)CCN(C)CCNC(=O)[C@@H]1CCCN1S(=O)(=O)c1ccc(NNC(=S)NC(c2ccccc2)c2ccccc2)c([N+](=O)[O-])c1.O=C(O)C(F)(F)F. The molecule has 0 bridgehead atoms. The zero-order chi connectivity index (χ0) is 40.1. The molecule has 1 aliphatic heterocycles. The first-order valence-corrected chi connectivity index (χ1v) is 18.4. The van der Waals surface area contributed by atoms with Crippen LogP contribution in [0.25, 0.3) is 0 Å². The molecule has 0 aliphatic carbocycles. The Labute approximate surface area is 316 Å². The highest BCUT2D eigenvalue weighted by atomic mass is 32.2. The van der Waals surface area contributed by atoms with Crippen molar-refractivity contribution in [1.29, 1.82) is 0 Å². The maximum atomic E-state index is 13.7. The smallest absolute Gasteiger partial charge is 0.475 e. The summed E-state index contributed by atoms with van der Waals surface area (Å²) in [4.78, 5) is 37.2. The van der Waals surface area contributed by atoms with Gasteiger partial charge in [-0.2, -0.15) is 17.5 Å². The van der Waals surface area contributed by atoms with Gasteiger partial charge in [-0.15, -0.1) is 0 Å². The van der Waals surface area contributed by atoms with Crippen molar-refractivity contribution in [3.8, 4) is 0 Å². The minimum absolute atomic E-state index is 0.0168. The molecule has 1 heterocycles. The molecule has 1 amide bonds. The van der Waals surface area contributed by atoms with Gasteiger partial charge in [0.05, 0.1) is 15.9 Å². The average Bonchev–Trinajstić information content (AvgIpc) is 3.64. The van der Waals surface area contributed by atoms with Gasteiger partial charge in [-0.3, -0.25) is 25.8 Å². The van der Waals surface area contributed by atoms with E-state index in [0.717, 1.165) is 34.6 Å². The van der Waals surface area contributed by atoms with Crippen LogP contribution in [0.2, 0.25) is 0 Å². The van der Waals surface area contributed by atoms with E-state index in [0.29, 0.717) is 25.9 Å². The van der Waals surface area contributed by atoms with Gasteiger partial charge in [0.1, 0.15) is 11.7 Å². The lowest BCUT2D eigenvalue weighted by Crippen LogP contribution is -2.47. The first-order chi connectivity index (χ1) is 25.4. The number of benzene rings is 3. The minimum atomic E-state index is -5.08. The molecule has 3 aromatic rings. The normalized spacial score (nSPS) is 14.6. The van der Waals surface area contributed by atoms with Gasteiger partial charge >= 0.3 is 12.1 Å². The number of amides is 1. The molecule has 54 heavy (non-hydrogen) atoms. The summed E-state index contributed by atoms with van der Waals surface area (Å²) in [6.45, 7) is 2.84. The Balaban J connectivity index is 0.00000102. The van der Waals surface area contributed by atoms with Crippen LogP contribution in [0.5, 0.6) is 0 Å². The molecule has 1 saturated heterocycles. The zero-order valence-corrected chi connectivity index (χ0v) is 31.4. The number of carboxylic acid groups (broad SMARTS) is 1. The Morgan fingerprint density at radius 2 is 1.57 bits per heavy atom. The number of nitrogens with one attached hydrogen (secondary N) is 4. The van der Waals surface area contributed by atoms with Gasteiger partial charge in [0.2, 0.25) is 15.9 Å². The lowest BCUT2D eigenvalue weighted by molar-refractivity contribution is -0.384. The van der Waals surface area contributed by atoms with Gasteiger partial charge in [0, 0.05) is 38.8 Å². The lowest BCUT2D eigenvalue weighted by atomic mass is 9.99. The fourth-order valence-electron chi connectivity index (χ4n) is 5.27. The quantitative estimate of drug-likeness (QED) is 0.0854. The predicted octanol–water partition coefficient (Wildman–Crippen LogP) is 3.57. The summed E-state index contributed by atoms with van der Waals surface area (Å²) < 4.78 is 60.2. The van der Waals surface area contributed by atoms with Crippen LogP contribution in [0, 0.1) is 10.1 Å². The molecule has 294 valence electrons. The highest BCUT2D eigenvalue weighted by molar-refractivity contribution is 7.89. The highest BCUT2D eigenvalue weighted by Crippen LogP contribution is 2.32. The van der Waals surface area contributed by atoms with Gasteiger partial charge in [0.15, 0.2) is 5.11 Å². The van der Waals surface area contributed by atoms with Crippen LogP contribution in [-0.4, -0.2) is 116 Å². The molecule has 1 atom stereocenters. The fourth-order valence-corrected chi connectivity index (χ4v) is 7.11. The number of sulfonamides is 1. The van der Waals surface area contributed by atoms with Gasteiger partial charge < -0.3 is 25.5 Å². The molecular weight excluding hydrogens is 754 g/mol. The lowest BCUT2D eigenvalue weighted by Gasteiger charge is -2.24. The molecule has 0 spiro atoms. The second-order valence-corrected chi connectivity index (χ2v) is 14.7. The molecule has 4 rings (SSSR count). The molecule has 15 nitrogen and oxygen atoms in total. The van der Waals surface area contributed by atoms with Crippen LogP contribution < -0.4 is 21.5 Å². The zero-order valence-electron chi connectivity index (χ0n) is 29.7. The number of carbonyl (C=O) groups excluding carboxylic acids is 1. The van der Waals surface area contributed by atoms with E-state index >= 15 is 0 Å². The van der Waals surface area contributed by atoms with E-state index in [1.165, 1.54) is 12.1 Å². The van der Waals surface area contributed by atoms with E-state index in [-0.39, 0.29) is 34.2 Å². The van der Waals surface area contributed by atoms with Crippen LogP contribution in [0.3, 0.4) is 0 Å². The number of carbonyl (C=O) groups is 2. The number of rotatable bonds is 15. The maximum Gasteiger partial charge on any atom is 0.490 e. The Morgan fingerprint density at radius 3 is 2.09 bits per heavy atom.